The zero-order chi connectivity index (χ0) is 19.1. The van der Waals surface area contributed by atoms with Gasteiger partial charge in [-0.2, -0.15) is 0 Å². The van der Waals surface area contributed by atoms with Crippen LogP contribution in [0.25, 0.3) is 27.9 Å². The third-order valence-electron chi connectivity index (χ3n) is 5.47. The van der Waals surface area contributed by atoms with Crippen LogP contribution in [0.1, 0.15) is 32.1 Å². The Bertz CT molecular complexity index is 1220. The van der Waals surface area contributed by atoms with E-state index in [9.17, 15) is 4.79 Å². The Kier molecular flexibility index (Phi) is 4.32. The molecule has 1 aliphatic carbocycles. The van der Waals surface area contributed by atoms with Crippen molar-refractivity contribution in [3.8, 4) is 11.3 Å². The number of rotatable bonds is 3. The van der Waals surface area contributed by atoms with Gasteiger partial charge < -0.3 is 9.73 Å². The highest BCUT2D eigenvalue weighted by molar-refractivity contribution is 6.31. The van der Waals surface area contributed by atoms with Crippen LogP contribution in [0, 0.1) is 0 Å². The Balaban J connectivity index is 1.70. The van der Waals surface area contributed by atoms with Gasteiger partial charge in [-0.05, 0) is 43.2 Å². The van der Waals surface area contributed by atoms with Crippen LogP contribution in [0.5, 0.6) is 0 Å². The van der Waals surface area contributed by atoms with Crippen LogP contribution in [0.4, 0.5) is 5.82 Å². The van der Waals surface area contributed by atoms with Gasteiger partial charge in [0, 0.05) is 17.3 Å². The number of imidazole rings is 1. The molecule has 0 atom stereocenters. The summed E-state index contributed by atoms with van der Waals surface area (Å²) in [5, 5.41) is 4.62. The fourth-order valence-electron chi connectivity index (χ4n) is 4.03. The molecule has 1 N–H and O–H groups in total. The van der Waals surface area contributed by atoms with E-state index in [0.717, 1.165) is 24.3 Å². The van der Waals surface area contributed by atoms with E-state index in [1.807, 2.05) is 28.8 Å². The molecule has 0 amide bonds. The van der Waals surface area contributed by atoms with Crippen molar-refractivity contribution in [2.45, 2.75) is 38.1 Å². The second kappa shape index (κ2) is 6.99. The number of nitrogens with one attached hydrogen (secondary N) is 1. The van der Waals surface area contributed by atoms with Crippen molar-refractivity contribution in [1.82, 2.24) is 9.38 Å². The van der Waals surface area contributed by atoms with Crippen molar-refractivity contribution in [1.29, 1.82) is 0 Å². The minimum atomic E-state index is -0.126. The van der Waals surface area contributed by atoms with Crippen molar-refractivity contribution >= 4 is 34.0 Å². The van der Waals surface area contributed by atoms with E-state index in [1.165, 1.54) is 25.5 Å². The summed E-state index contributed by atoms with van der Waals surface area (Å²) in [5.41, 5.74) is 2.24. The van der Waals surface area contributed by atoms with E-state index in [-0.39, 0.29) is 5.43 Å². The van der Waals surface area contributed by atoms with Gasteiger partial charge in [-0.3, -0.25) is 9.20 Å². The molecule has 3 aromatic heterocycles. The number of pyridine rings is 1. The third-order valence-corrected chi connectivity index (χ3v) is 5.70. The summed E-state index contributed by atoms with van der Waals surface area (Å²) in [5.74, 6) is 0.844. The van der Waals surface area contributed by atoms with E-state index in [4.69, 9.17) is 21.0 Å². The first-order valence-corrected chi connectivity index (χ1v) is 10.0. The molecular formula is C22H20ClN3O2. The Morgan fingerprint density at radius 1 is 1.14 bits per heavy atom. The number of hydrogen-bond donors (Lipinski definition) is 1. The molecule has 1 aliphatic rings. The zero-order valence-electron chi connectivity index (χ0n) is 15.3. The normalized spacial score (nSPS) is 15.3. The molecule has 0 spiro atoms. The molecule has 0 aliphatic heterocycles. The highest BCUT2D eigenvalue weighted by Gasteiger charge is 2.22. The van der Waals surface area contributed by atoms with Crippen molar-refractivity contribution in [2.75, 3.05) is 5.32 Å². The van der Waals surface area contributed by atoms with E-state index < -0.39 is 0 Å². The van der Waals surface area contributed by atoms with Gasteiger partial charge in [0.1, 0.15) is 29.0 Å². The lowest BCUT2D eigenvalue weighted by Gasteiger charge is -2.24. The van der Waals surface area contributed by atoms with Crippen LogP contribution in [0.3, 0.4) is 0 Å². The van der Waals surface area contributed by atoms with Gasteiger partial charge in [0.15, 0.2) is 0 Å². The van der Waals surface area contributed by atoms with Crippen LogP contribution in [-0.4, -0.2) is 15.4 Å². The quantitative estimate of drug-likeness (QED) is 0.498. The number of nitrogens with zero attached hydrogens (tertiary/aromatic N) is 2. The van der Waals surface area contributed by atoms with E-state index >= 15 is 0 Å². The maximum absolute atomic E-state index is 13.2. The first-order chi connectivity index (χ1) is 13.7. The van der Waals surface area contributed by atoms with Crippen molar-refractivity contribution in [3.05, 3.63) is 64.1 Å². The van der Waals surface area contributed by atoms with Gasteiger partial charge in [0.25, 0.3) is 0 Å². The second-order valence-corrected chi connectivity index (χ2v) is 7.77. The molecule has 6 heteroatoms. The van der Waals surface area contributed by atoms with Gasteiger partial charge in [-0.15, -0.1) is 0 Å². The maximum atomic E-state index is 13.2. The molecule has 0 saturated heterocycles. The molecule has 1 saturated carbocycles. The van der Waals surface area contributed by atoms with E-state index in [1.54, 1.807) is 18.2 Å². The van der Waals surface area contributed by atoms with Gasteiger partial charge in [0.05, 0.1) is 10.9 Å². The van der Waals surface area contributed by atoms with E-state index in [0.29, 0.717) is 33.3 Å². The lowest BCUT2D eigenvalue weighted by Crippen LogP contribution is -2.23. The van der Waals surface area contributed by atoms with Crippen LogP contribution >= 0.6 is 11.6 Å². The highest BCUT2D eigenvalue weighted by atomic mass is 35.5. The predicted molar refractivity (Wildman–Crippen MR) is 112 cm³/mol. The monoisotopic (exact) mass is 393 g/mol. The van der Waals surface area contributed by atoms with Crippen LogP contribution in [0.15, 0.2) is 58.1 Å². The number of fused-ring (bicyclic) bond motifs is 2. The van der Waals surface area contributed by atoms with Crippen LogP contribution in [-0.2, 0) is 0 Å². The topological polar surface area (TPSA) is 59.5 Å². The molecule has 5 nitrogen and oxygen atoms in total. The molecule has 0 radical (unpaired) electrons. The minimum absolute atomic E-state index is 0.126. The molecule has 3 heterocycles. The first kappa shape index (κ1) is 17.3. The molecule has 0 bridgehead atoms. The Hall–Kier alpha value is -2.79. The van der Waals surface area contributed by atoms with E-state index in [2.05, 4.69) is 5.32 Å². The fourth-order valence-corrected chi connectivity index (χ4v) is 4.20. The zero-order valence-corrected chi connectivity index (χ0v) is 16.1. The number of hydrogen-bond acceptors (Lipinski definition) is 4. The van der Waals surface area contributed by atoms with Gasteiger partial charge in [-0.1, -0.05) is 36.9 Å². The van der Waals surface area contributed by atoms with Crippen LogP contribution < -0.4 is 10.7 Å². The fraction of sp³-hybridized carbons (Fsp3) is 0.273. The molecular weight excluding hydrogens is 374 g/mol. The summed E-state index contributed by atoms with van der Waals surface area (Å²) in [4.78, 5) is 18.0. The number of benzene rings is 1. The standard InChI is InChI=1S/C22H20ClN3O2/c23-14-9-10-18-16(12-14)21(27)17(13-28-18)20-22(24-15-6-2-1-3-7-15)26-11-5-4-8-19(26)25-20/h4-5,8-13,15,24H,1-3,6-7H2. The summed E-state index contributed by atoms with van der Waals surface area (Å²) >= 11 is 6.10. The summed E-state index contributed by atoms with van der Waals surface area (Å²) in [6, 6.07) is 11.3. The van der Waals surface area contributed by atoms with Gasteiger partial charge >= 0.3 is 0 Å². The summed E-state index contributed by atoms with van der Waals surface area (Å²) in [6.45, 7) is 0. The number of anilines is 1. The maximum Gasteiger partial charge on any atom is 0.202 e. The number of aromatic nitrogens is 2. The molecule has 1 aromatic carbocycles. The summed E-state index contributed by atoms with van der Waals surface area (Å²) < 4.78 is 7.74. The second-order valence-electron chi connectivity index (χ2n) is 7.34. The van der Waals surface area contributed by atoms with Crippen LogP contribution in [0.2, 0.25) is 5.02 Å². The van der Waals surface area contributed by atoms with Gasteiger partial charge in [-0.25, -0.2) is 4.98 Å². The molecule has 28 heavy (non-hydrogen) atoms. The Labute approximate surface area is 167 Å². The Morgan fingerprint density at radius 2 is 2.00 bits per heavy atom. The summed E-state index contributed by atoms with van der Waals surface area (Å²) in [6.07, 6.45) is 9.46. The predicted octanol–water partition coefficient (Wildman–Crippen LogP) is 5.51. The third kappa shape index (κ3) is 2.96. The molecule has 142 valence electrons. The van der Waals surface area contributed by atoms with Crippen molar-refractivity contribution in [3.63, 3.8) is 0 Å². The largest absolute Gasteiger partial charge is 0.463 e. The Morgan fingerprint density at radius 3 is 2.86 bits per heavy atom. The highest BCUT2D eigenvalue weighted by Crippen LogP contribution is 2.31. The molecule has 5 rings (SSSR count). The average molecular weight is 394 g/mol. The molecule has 0 unspecified atom stereocenters. The average Bonchev–Trinajstić information content (AvgIpc) is 3.08. The first-order valence-electron chi connectivity index (χ1n) is 9.66. The van der Waals surface area contributed by atoms with Crippen molar-refractivity contribution < 1.29 is 4.42 Å². The summed E-state index contributed by atoms with van der Waals surface area (Å²) in [7, 11) is 0. The molecule has 1 fully saturated rings. The number of halogens is 1. The van der Waals surface area contributed by atoms with Crippen molar-refractivity contribution in [2.24, 2.45) is 0 Å². The lowest BCUT2D eigenvalue weighted by molar-refractivity contribution is 0.461. The van der Waals surface area contributed by atoms with Gasteiger partial charge in [0.2, 0.25) is 5.43 Å². The molecule has 4 aromatic rings. The lowest BCUT2D eigenvalue weighted by atomic mass is 9.95. The SMILES string of the molecule is O=c1c(-c2nc3ccccn3c2NC2CCCCC2)coc2ccc(Cl)cc12. The minimum Gasteiger partial charge on any atom is -0.463 e. The smallest absolute Gasteiger partial charge is 0.202 e.